The van der Waals surface area contributed by atoms with Crippen molar-refractivity contribution in [2.45, 2.75) is 25.8 Å². The molecule has 0 fully saturated rings. The highest BCUT2D eigenvalue weighted by atomic mass is 19.3. The number of carboxylic acids is 1. The van der Waals surface area contributed by atoms with E-state index in [-0.39, 0.29) is 12.4 Å². The number of para-hydroxylation sites is 1. The molecular weight excluding hydrogens is 272 g/mol. The van der Waals surface area contributed by atoms with Gasteiger partial charge in [0.15, 0.2) is 0 Å². The van der Waals surface area contributed by atoms with E-state index in [0.29, 0.717) is 0 Å². The molecule has 0 saturated heterocycles. The summed E-state index contributed by atoms with van der Waals surface area (Å²) < 4.78 is 33.2. The molecule has 0 unspecified atom stereocenters. The molecule has 5 nitrogen and oxygen atoms in total. The number of hydrogen-bond acceptors (Lipinski definition) is 3. The Hall–Kier alpha value is -2.18. The Morgan fingerprint density at radius 3 is 2.55 bits per heavy atom. The number of amides is 1. The highest BCUT2D eigenvalue weighted by Gasteiger charge is 2.44. The average Bonchev–Trinajstić information content (AvgIpc) is 2.39. The number of rotatable bonds is 6. The average molecular weight is 287 g/mol. The predicted octanol–water partition coefficient (Wildman–Crippen LogP) is 1.77. The molecule has 1 atom stereocenters. The van der Waals surface area contributed by atoms with Crippen molar-refractivity contribution in [2.75, 3.05) is 6.61 Å². The van der Waals surface area contributed by atoms with Crippen molar-refractivity contribution in [3.05, 3.63) is 29.8 Å². The zero-order chi connectivity index (χ0) is 15.3. The van der Waals surface area contributed by atoms with Gasteiger partial charge in [-0.05, 0) is 26.0 Å². The highest BCUT2D eigenvalue weighted by Crippen LogP contribution is 2.35. The van der Waals surface area contributed by atoms with Gasteiger partial charge < -0.3 is 15.2 Å². The molecule has 1 aromatic carbocycles. The lowest BCUT2D eigenvalue weighted by molar-refractivity contribution is -0.152. The van der Waals surface area contributed by atoms with Gasteiger partial charge in [-0.1, -0.05) is 12.1 Å². The van der Waals surface area contributed by atoms with Crippen LogP contribution in [0.1, 0.15) is 19.4 Å². The highest BCUT2D eigenvalue weighted by molar-refractivity contribution is 5.89. The van der Waals surface area contributed by atoms with Crippen LogP contribution in [0, 0.1) is 0 Å². The molecule has 20 heavy (non-hydrogen) atoms. The molecule has 0 aromatic heterocycles. The van der Waals surface area contributed by atoms with E-state index in [2.05, 4.69) is 0 Å². The third kappa shape index (κ3) is 3.43. The maximum atomic E-state index is 14.1. The van der Waals surface area contributed by atoms with Crippen LogP contribution in [-0.4, -0.2) is 29.6 Å². The Bertz CT molecular complexity index is 505. The maximum absolute atomic E-state index is 14.1. The number of aliphatic carboxylic acids is 1. The van der Waals surface area contributed by atoms with Gasteiger partial charge in [-0.3, -0.25) is 9.59 Å². The summed E-state index contributed by atoms with van der Waals surface area (Å²) >= 11 is 0. The number of nitrogens with one attached hydrogen (secondary N) is 1. The third-order valence-electron chi connectivity index (χ3n) is 2.53. The summed E-state index contributed by atoms with van der Waals surface area (Å²) in [5.41, 5.74) is -0.600. The Morgan fingerprint density at radius 1 is 1.40 bits per heavy atom. The molecule has 0 aliphatic carbocycles. The minimum atomic E-state index is -3.88. The molecule has 0 bridgehead atoms. The number of carbonyl (C=O) groups excluding carboxylic acids is 1. The van der Waals surface area contributed by atoms with Gasteiger partial charge in [0.1, 0.15) is 11.8 Å². The minimum absolute atomic E-state index is 0.113. The Balaban J connectivity index is 3.03. The number of carbonyl (C=O) groups is 2. The van der Waals surface area contributed by atoms with Crippen LogP contribution in [0.4, 0.5) is 8.78 Å². The van der Waals surface area contributed by atoms with E-state index in [9.17, 15) is 18.4 Å². The first-order valence-corrected chi connectivity index (χ1v) is 5.94. The number of hydrogen-bond donors (Lipinski definition) is 2. The second-order valence-corrected chi connectivity index (χ2v) is 4.04. The molecule has 0 saturated carbocycles. The van der Waals surface area contributed by atoms with E-state index in [1.54, 1.807) is 12.2 Å². The normalized spacial score (nSPS) is 12.6. The maximum Gasteiger partial charge on any atom is 0.353 e. The summed E-state index contributed by atoms with van der Waals surface area (Å²) in [6.07, 6.45) is 0. The molecule has 1 rings (SSSR count). The van der Waals surface area contributed by atoms with E-state index in [4.69, 9.17) is 9.84 Å². The molecule has 0 heterocycles. The fraction of sp³-hybridized carbons (Fsp3) is 0.385. The second-order valence-electron chi connectivity index (χ2n) is 4.04. The summed E-state index contributed by atoms with van der Waals surface area (Å²) in [5, 5.41) is 10.4. The van der Waals surface area contributed by atoms with Crippen LogP contribution in [0.3, 0.4) is 0 Å². The minimum Gasteiger partial charge on any atom is -0.493 e. The lowest BCUT2D eigenvalue weighted by atomic mass is 10.1. The van der Waals surface area contributed by atoms with E-state index in [1.165, 1.54) is 18.2 Å². The van der Waals surface area contributed by atoms with Gasteiger partial charge in [-0.25, -0.2) is 0 Å². The number of halogens is 2. The largest absolute Gasteiger partial charge is 0.493 e. The second kappa shape index (κ2) is 6.31. The van der Waals surface area contributed by atoms with Crippen molar-refractivity contribution in [2.24, 2.45) is 0 Å². The zero-order valence-electron chi connectivity index (χ0n) is 11.0. The summed E-state index contributed by atoms with van der Waals surface area (Å²) in [7, 11) is 0. The molecule has 0 radical (unpaired) electrons. The van der Waals surface area contributed by atoms with Crippen molar-refractivity contribution in [1.29, 1.82) is 0 Å². The van der Waals surface area contributed by atoms with Crippen LogP contribution >= 0.6 is 0 Å². The molecule has 2 N–H and O–H groups in total. The lowest BCUT2D eigenvalue weighted by Crippen LogP contribution is -2.45. The number of ether oxygens (including phenoxy) is 1. The lowest BCUT2D eigenvalue weighted by Gasteiger charge is -2.20. The summed E-state index contributed by atoms with van der Waals surface area (Å²) in [5.74, 6) is -7.07. The molecular formula is C13H15F2NO4. The topological polar surface area (TPSA) is 75.6 Å². The van der Waals surface area contributed by atoms with Crippen LogP contribution in [-0.2, 0) is 15.5 Å². The fourth-order valence-electron chi connectivity index (χ4n) is 1.48. The molecule has 7 heteroatoms. The van der Waals surface area contributed by atoms with Crippen molar-refractivity contribution >= 4 is 11.9 Å². The molecule has 110 valence electrons. The SMILES string of the molecule is CCOc1ccccc1C(F)(F)C(=O)N[C@H](C)C(=O)O. The van der Waals surface area contributed by atoms with Gasteiger partial charge >= 0.3 is 11.9 Å². The Kier molecular flexibility index (Phi) is 5.01. The van der Waals surface area contributed by atoms with Gasteiger partial charge in [0.2, 0.25) is 0 Å². The summed E-state index contributed by atoms with van der Waals surface area (Å²) in [6.45, 7) is 2.90. The standard InChI is InChI=1S/C13H15F2NO4/c1-3-20-10-7-5-4-6-9(10)13(14,15)12(19)16-8(2)11(17)18/h4-8H,3H2,1-2H3,(H,16,19)(H,17,18)/t8-/m1/s1. The van der Waals surface area contributed by atoms with E-state index in [0.717, 1.165) is 13.0 Å². The Labute approximate surface area is 114 Å². The molecule has 1 aromatic rings. The Morgan fingerprint density at radius 2 is 2.00 bits per heavy atom. The van der Waals surface area contributed by atoms with Crippen molar-refractivity contribution in [3.63, 3.8) is 0 Å². The zero-order valence-corrected chi connectivity index (χ0v) is 11.0. The fourth-order valence-corrected chi connectivity index (χ4v) is 1.48. The first-order chi connectivity index (χ1) is 9.30. The smallest absolute Gasteiger partial charge is 0.353 e. The van der Waals surface area contributed by atoms with E-state index in [1.807, 2.05) is 0 Å². The molecule has 0 aliphatic heterocycles. The van der Waals surface area contributed by atoms with Gasteiger partial charge in [0.05, 0.1) is 12.2 Å². The summed E-state index contributed by atoms with van der Waals surface area (Å²) in [4.78, 5) is 22.1. The number of alkyl halides is 2. The first kappa shape index (κ1) is 15.9. The van der Waals surface area contributed by atoms with E-state index >= 15 is 0 Å². The molecule has 0 spiro atoms. The summed E-state index contributed by atoms with van der Waals surface area (Å²) in [6, 6.07) is 3.83. The first-order valence-electron chi connectivity index (χ1n) is 5.94. The third-order valence-corrected chi connectivity index (χ3v) is 2.53. The predicted molar refractivity (Wildman–Crippen MR) is 66.7 cm³/mol. The van der Waals surface area contributed by atoms with Gasteiger partial charge in [0, 0.05) is 0 Å². The molecule has 0 aliphatic rings. The quantitative estimate of drug-likeness (QED) is 0.836. The number of carboxylic acid groups (broad SMARTS) is 1. The molecule has 1 amide bonds. The monoisotopic (exact) mass is 287 g/mol. The number of benzene rings is 1. The van der Waals surface area contributed by atoms with Crippen LogP contribution in [0.25, 0.3) is 0 Å². The van der Waals surface area contributed by atoms with Crippen LogP contribution in [0.5, 0.6) is 5.75 Å². The van der Waals surface area contributed by atoms with Crippen molar-refractivity contribution in [1.82, 2.24) is 5.32 Å². The van der Waals surface area contributed by atoms with Crippen LogP contribution in [0.15, 0.2) is 24.3 Å². The van der Waals surface area contributed by atoms with E-state index < -0.39 is 29.4 Å². The van der Waals surface area contributed by atoms with Crippen LogP contribution < -0.4 is 10.1 Å². The van der Waals surface area contributed by atoms with Crippen molar-refractivity contribution in [3.8, 4) is 5.75 Å². The van der Waals surface area contributed by atoms with Gasteiger partial charge in [-0.2, -0.15) is 8.78 Å². The van der Waals surface area contributed by atoms with Crippen LogP contribution in [0.2, 0.25) is 0 Å². The van der Waals surface area contributed by atoms with Crippen molar-refractivity contribution < 1.29 is 28.2 Å². The van der Waals surface area contributed by atoms with Gasteiger partial charge in [0.25, 0.3) is 5.91 Å². The van der Waals surface area contributed by atoms with Gasteiger partial charge in [-0.15, -0.1) is 0 Å².